The minimum Gasteiger partial charge on any atom is -0.481 e. The van der Waals surface area contributed by atoms with E-state index in [9.17, 15) is 19.5 Å². The van der Waals surface area contributed by atoms with E-state index in [2.05, 4.69) is 5.32 Å². The molecule has 2 N–H and O–H groups in total. The fourth-order valence-corrected chi connectivity index (χ4v) is 2.71. The number of nitrogens with one attached hydrogen (secondary N) is 1. The van der Waals surface area contributed by atoms with Crippen molar-refractivity contribution in [3.05, 3.63) is 35.4 Å². The Morgan fingerprint density at radius 2 is 1.96 bits per heavy atom. The van der Waals surface area contributed by atoms with Gasteiger partial charge in [0.05, 0.1) is 5.41 Å². The Balaban J connectivity index is 1.93. The van der Waals surface area contributed by atoms with Gasteiger partial charge in [-0.3, -0.25) is 14.4 Å². The predicted molar refractivity (Wildman–Crippen MR) is 84.8 cm³/mol. The van der Waals surface area contributed by atoms with Gasteiger partial charge in [0.1, 0.15) is 0 Å². The number of carboxylic acids is 1. The van der Waals surface area contributed by atoms with E-state index in [1.54, 1.807) is 32.3 Å². The number of benzene rings is 1. The first-order valence-electron chi connectivity index (χ1n) is 7.65. The summed E-state index contributed by atoms with van der Waals surface area (Å²) in [7, 11) is 3.36. The summed E-state index contributed by atoms with van der Waals surface area (Å²) in [5.41, 5.74) is 0.485. The molecule has 1 aliphatic rings. The highest BCUT2D eigenvalue weighted by Crippen LogP contribution is 2.44. The summed E-state index contributed by atoms with van der Waals surface area (Å²) in [6.45, 7) is 0.281. The second kappa shape index (κ2) is 6.81. The van der Waals surface area contributed by atoms with Gasteiger partial charge in [-0.2, -0.15) is 0 Å². The van der Waals surface area contributed by atoms with Gasteiger partial charge in [-0.1, -0.05) is 18.6 Å². The Labute approximate surface area is 135 Å². The molecule has 2 rings (SSSR count). The van der Waals surface area contributed by atoms with Crippen molar-refractivity contribution in [3.63, 3.8) is 0 Å². The van der Waals surface area contributed by atoms with Crippen molar-refractivity contribution in [2.75, 3.05) is 14.1 Å². The lowest BCUT2D eigenvalue weighted by Crippen LogP contribution is -2.42. The second-order valence-electron chi connectivity index (χ2n) is 6.29. The Morgan fingerprint density at radius 3 is 2.48 bits per heavy atom. The quantitative estimate of drug-likeness (QED) is 0.835. The van der Waals surface area contributed by atoms with Crippen LogP contribution in [-0.2, 0) is 16.1 Å². The van der Waals surface area contributed by atoms with E-state index in [0.717, 1.165) is 12.0 Å². The maximum atomic E-state index is 12.0. The summed E-state index contributed by atoms with van der Waals surface area (Å²) in [6.07, 6.45) is 1.98. The van der Waals surface area contributed by atoms with Gasteiger partial charge in [-0.05, 0) is 30.5 Å². The van der Waals surface area contributed by atoms with Gasteiger partial charge in [0.25, 0.3) is 5.91 Å². The molecule has 0 unspecified atom stereocenters. The lowest BCUT2D eigenvalue weighted by molar-refractivity contribution is -0.157. The predicted octanol–water partition coefficient (Wildman–Crippen LogP) is 1.65. The van der Waals surface area contributed by atoms with Crippen LogP contribution in [0.5, 0.6) is 0 Å². The van der Waals surface area contributed by atoms with Crippen molar-refractivity contribution >= 4 is 17.8 Å². The maximum absolute atomic E-state index is 12.0. The average Bonchev–Trinajstić information content (AvgIpc) is 2.47. The van der Waals surface area contributed by atoms with E-state index >= 15 is 0 Å². The number of amides is 2. The SMILES string of the molecule is CN(C)C(=O)c1cccc(CNC(=O)CC2(C(=O)O)CCC2)c1. The van der Waals surface area contributed by atoms with Gasteiger partial charge in [0.15, 0.2) is 0 Å². The number of rotatable bonds is 6. The van der Waals surface area contributed by atoms with Gasteiger partial charge in [-0.15, -0.1) is 0 Å². The molecule has 2 amide bonds. The van der Waals surface area contributed by atoms with Crippen molar-refractivity contribution < 1.29 is 19.5 Å². The Hall–Kier alpha value is -2.37. The standard InChI is InChI=1S/C17H22N2O4/c1-19(2)15(21)13-6-3-5-12(9-13)11-18-14(20)10-17(16(22)23)7-4-8-17/h3,5-6,9H,4,7-8,10-11H2,1-2H3,(H,18,20)(H,22,23). The Morgan fingerprint density at radius 1 is 1.26 bits per heavy atom. The van der Waals surface area contributed by atoms with Crippen molar-refractivity contribution in [2.45, 2.75) is 32.2 Å². The second-order valence-corrected chi connectivity index (χ2v) is 6.29. The molecule has 124 valence electrons. The summed E-state index contributed by atoms with van der Waals surface area (Å²) in [5.74, 6) is -1.26. The smallest absolute Gasteiger partial charge is 0.310 e. The van der Waals surface area contributed by atoms with Crippen LogP contribution in [0.1, 0.15) is 41.6 Å². The maximum Gasteiger partial charge on any atom is 0.310 e. The van der Waals surface area contributed by atoms with E-state index in [0.29, 0.717) is 18.4 Å². The number of aliphatic carboxylic acids is 1. The van der Waals surface area contributed by atoms with Crippen molar-refractivity contribution in [3.8, 4) is 0 Å². The first kappa shape index (κ1) is 17.0. The molecule has 0 aromatic heterocycles. The molecule has 0 spiro atoms. The number of carbonyl (C=O) groups excluding carboxylic acids is 2. The van der Waals surface area contributed by atoms with E-state index in [4.69, 9.17) is 0 Å². The van der Waals surface area contributed by atoms with Gasteiger partial charge in [0, 0.05) is 32.6 Å². The summed E-state index contributed by atoms with van der Waals surface area (Å²) in [5, 5.41) is 12.0. The monoisotopic (exact) mass is 318 g/mol. The molecule has 1 aliphatic carbocycles. The van der Waals surface area contributed by atoms with Crippen LogP contribution in [0, 0.1) is 5.41 Å². The Bertz CT molecular complexity index is 621. The summed E-state index contributed by atoms with van der Waals surface area (Å²) < 4.78 is 0. The third kappa shape index (κ3) is 3.88. The van der Waals surface area contributed by atoms with Crippen LogP contribution in [0.2, 0.25) is 0 Å². The third-order valence-electron chi connectivity index (χ3n) is 4.33. The highest BCUT2D eigenvalue weighted by Gasteiger charge is 2.45. The molecule has 0 radical (unpaired) electrons. The summed E-state index contributed by atoms with van der Waals surface area (Å²) >= 11 is 0. The first-order valence-corrected chi connectivity index (χ1v) is 7.65. The van der Waals surface area contributed by atoms with Crippen LogP contribution < -0.4 is 5.32 Å². The zero-order chi connectivity index (χ0) is 17.0. The molecule has 1 saturated carbocycles. The molecule has 23 heavy (non-hydrogen) atoms. The molecule has 0 heterocycles. The summed E-state index contributed by atoms with van der Waals surface area (Å²) in [6, 6.07) is 7.05. The summed E-state index contributed by atoms with van der Waals surface area (Å²) in [4.78, 5) is 36.7. The minimum absolute atomic E-state index is 0.0126. The lowest BCUT2D eigenvalue weighted by Gasteiger charge is -2.36. The third-order valence-corrected chi connectivity index (χ3v) is 4.33. The molecule has 6 heteroatoms. The van der Waals surface area contributed by atoms with Crippen molar-refractivity contribution in [2.24, 2.45) is 5.41 Å². The van der Waals surface area contributed by atoms with E-state index in [-0.39, 0.29) is 24.8 Å². The number of carbonyl (C=O) groups is 3. The lowest BCUT2D eigenvalue weighted by atomic mass is 9.66. The molecule has 1 aromatic carbocycles. The van der Waals surface area contributed by atoms with E-state index in [1.807, 2.05) is 6.07 Å². The van der Waals surface area contributed by atoms with Crippen LogP contribution in [0.25, 0.3) is 0 Å². The average molecular weight is 318 g/mol. The van der Waals surface area contributed by atoms with Crippen LogP contribution in [0.3, 0.4) is 0 Å². The van der Waals surface area contributed by atoms with Crippen molar-refractivity contribution in [1.29, 1.82) is 0 Å². The molecule has 0 aliphatic heterocycles. The zero-order valence-electron chi connectivity index (χ0n) is 13.5. The van der Waals surface area contributed by atoms with Crippen LogP contribution in [0.15, 0.2) is 24.3 Å². The molecule has 0 atom stereocenters. The zero-order valence-corrected chi connectivity index (χ0v) is 13.5. The minimum atomic E-state index is -0.891. The van der Waals surface area contributed by atoms with Gasteiger partial charge in [-0.25, -0.2) is 0 Å². The van der Waals surface area contributed by atoms with Gasteiger partial charge < -0.3 is 15.3 Å². The largest absolute Gasteiger partial charge is 0.481 e. The Kier molecular flexibility index (Phi) is 5.03. The molecule has 1 aromatic rings. The van der Waals surface area contributed by atoms with Gasteiger partial charge >= 0.3 is 5.97 Å². The molecular weight excluding hydrogens is 296 g/mol. The fraction of sp³-hybridized carbons (Fsp3) is 0.471. The molecule has 6 nitrogen and oxygen atoms in total. The topological polar surface area (TPSA) is 86.7 Å². The van der Waals surface area contributed by atoms with Crippen LogP contribution in [-0.4, -0.2) is 41.9 Å². The normalized spacial score (nSPS) is 15.4. The number of nitrogens with zero attached hydrogens (tertiary/aromatic N) is 1. The molecule has 0 saturated heterocycles. The molecule has 0 bridgehead atoms. The first-order chi connectivity index (χ1) is 10.8. The molecular formula is C17H22N2O4. The van der Waals surface area contributed by atoms with Gasteiger partial charge in [0.2, 0.25) is 5.91 Å². The number of hydrogen-bond acceptors (Lipinski definition) is 3. The van der Waals surface area contributed by atoms with Crippen LogP contribution in [0.4, 0.5) is 0 Å². The van der Waals surface area contributed by atoms with Crippen molar-refractivity contribution in [1.82, 2.24) is 10.2 Å². The highest BCUT2D eigenvalue weighted by atomic mass is 16.4. The van der Waals surface area contributed by atoms with E-state index in [1.165, 1.54) is 4.90 Å². The fourth-order valence-electron chi connectivity index (χ4n) is 2.71. The molecule has 1 fully saturated rings. The number of hydrogen-bond donors (Lipinski definition) is 2. The van der Waals surface area contributed by atoms with Crippen LogP contribution >= 0.6 is 0 Å². The van der Waals surface area contributed by atoms with E-state index < -0.39 is 11.4 Å². The number of carboxylic acid groups (broad SMARTS) is 1. The highest BCUT2D eigenvalue weighted by molar-refractivity contribution is 5.94.